The van der Waals surface area contributed by atoms with Gasteiger partial charge in [0.2, 0.25) is 0 Å². The van der Waals surface area contributed by atoms with E-state index in [0.717, 1.165) is 18.4 Å². The molecule has 2 atom stereocenters. The second kappa shape index (κ2) is 4.71. The Morgan fingerprint density at radius 3 is 2.82 bits per heavy atom. The van der Waals surface area contributed by atoms with Crippen molar-refractivity contribution in [2.45, 2.75) is 31.5 Å². The average Bonchev–Trinajstić information content (AvgIpc) is 2.83. The van der Waals surface area contributed by atoms with Crippen LogP contribution in [0.4, 0.5) is 4.79 Å². The van der Waals surface area contributed by atoms with Gasteiger partial charge in [-0.25, -0.2) is 4.79 Å². The maximum atomic E-state index is 11.1. The van der Waals surface area contributed by atoms with Gasteiger partial charge in [-0.05, 0) is 31.9 Å². The SMILES string of the molecule is CC(OC(N)=O)(c1ccncc1)[C@@H]1CCCO1. The van der Waals surface area contributed by atoms with Crippen LogP contribution >= 0.6 is 0 Å². The molecular formula is C12H16N2O3. The van der Waals surface area contributed by atoms with Crippen molar-refractivity contribution in [1.82, 2.24) is 4.98 Å². The van der Waals surface area contributed by atoms with Gasteiger partial charge >= 0.3 is 6.09 Å². The number of carbonyl (C=O) groups is 1. The number of pyridine rings is 1. The first-order valence-electron chi connectivity index (χ1n) is 5.63. The first kappa shape index (κ1) is 11.9. The monoisotopic (exact) mass is 236 g/mol. The maximum absolute atomic E-state index is 11.1. The minimum atomic E-state index is -0.842. The molecule has 2 rings (SSSR count). The van der Waals surface area contributed by atoms with Gasteiger partial charge in [-0.3, -0.25) is 4.98 Å². The summed E-state index contributed by atoms with van der Waals surface area (Å²) in [7, 11) is 0. The molecule has 0 saturated carbocycles. The van der Waals surface area contributed by atoms with Gasteiger partial charge < -0.3 is 15.2 Å². The lowest BCUT2D eigenvalue weighted by atomic mass is 9.89. The van der Waals surface area contributed by atoms with Crippen LogP contribution in [0, 0.1) is 0 Å². The van der Waals surface area contributed by atoms with Crippen LogP contribution in [0.25, 0.3) is 0 Å². The second-order valence-electron chi connectivity index (χ2n) is 4.27. The van der Waals surface area contributed by atoms with Gasteiger partial charge in [0.25, 0.3) is 0 Å². The summed E-state index contributed by atoms with van der Waals surface area (Å²) in [5.41, 5.74) is 5.15. The van der Waals surface area contributed by atoms with E-state index in [1.54, 1.807) is 12.4 Å². The third-order valence-corrected chi connectivity index (χ3v) is 3.11. The zero-order chi connectivity index (χ0) is 12.3. The Kier molecular flexibility index (Phi) is 3.28. The van der Waals surface area contributed by atoms with E-state index in [1.807, 2.05) is 19.1 Å². The molecule has 1 saturated heterocycles. The lowest BCUT2D eigenvalue weighted by Gasteiger charge is -2.34. The number of nitrogens with zero attached hydrogens (tertiary/aromatic N) is 1. The number of amides is 1. The molecule has 2 heterocycles. The number of carbonyl (C=O) groups excluding carboxylic acids is 1. The van der Waals surface area contributed by atoms with E-state index in [0.29, 0.717) is 6.61 Å². The molecule has 1 fully saturated rings. The van der Waals surface area contributed by atoms with Crippen molar-refractivity contribution in [3.05, 3.63) is 30.1 Å². The second-order valence-corrected chi connectivity index (χ2v) is 4.27. The van der Waals surface area contributed by atoms with Gasteiger partial charge in [0.15, 0.2) is 5.60 Å². The van der Waals surface area contributed by atoms with E-state index in [1.165, 1.54) is 0 Å². The Balaban J connectivity index is 2.32. The van der Waals surface area contributed by atoms with Crippen LogP contribution in [0.2, 0.25) is 0 Å². The minimum absolute atomic E-state index is 0.155. The number of hydrogen-bond donors (Lipinski definition) is 1. The summed E-state index contributed by atoms with van der Waals surface area (Å²) in [5, 5.41) is 0. The van der Waals surface area contributed by atoms with Crippen molar-refractivity contribution in [2.75, 3.05) is 6.61 Å². The Hall–Kier alpha value is -1.62. The number of ether oxygens (including phenoxy) is 2. The largest absolute Gasteiger partial charge is 0.436 e. The molecule has 1 aromatic heterocycles. The summed E-state index contributed by atoms with van der Waals surface area (Å²) in [6.45, 7) is 2.51. The zero-order valence-corrected chi connectivity index (χ0v) is 9.76. The molecule has 0 radical (unpaired) electrons. The van der Waals surface area contributed by atoms with Crippen LogP contribution in [0.1, 0.15) is 25.3 Å². The van der Waals surface area contributed by atoms with E-state index in [-0.39, 0.29) is 6.10 Å². The Bertz CT molecular complexity index is 390. The van der Waals surface area contributed by atoms with Crippen LogP contribution in [0.15, 0.2) is 24.5 Å². The van der Waals surface area contributed by atoms with Crippen molar-refractivity contribution >= 4 is 6.09 Å². The summed E-state index contributed by atoms with van der Waals surface area (Å²) in [6, 6.07) is 3.62. The van der Waals surface area contributed by atoms with Gasteiger partial charge in [-0.15, -0.1) is 0 Å². The predicted octanol–water partition coefficient (Wildman–Crippen LogP) is 1.57. The minimum Gasteiger partial charge on any atom is -0.436 e. The summed E-state index contributed by atoms with van der Waals surface area (Å²) in [5.74, 6) is 0. The predicted molar refractivity (Wildman–Crippen MR) is 61.2 cm³/mol. The van der Waals surface area contributed by atoms with Crippen molar-refractivity contribution < 1.29 is 14.3 Å². The Morgan fingerprint density at radius 1 is 1.59 bits per heavy atom. The smallest absolute Gasteiger partial charge is 0.405 e. The fourth-order valence-corrected chi connectivity index (χ4v) is 2.21. The van der Waals surface area contributed by atoms with E-state index in [4.69, 9.17) is 15.2 Å². The molecule has 0 spiro atoms. The van der Waals surface area contributed by atoms with E-state index >= 15 is 0 Å². The van der Waals surface area contributed by atoms with E-state index in [2.05, 4.69) is 4.98 Å². The molecule has 1 aliphatic rings. The van der Waals surface area contributed by atoms with E-state index in [9.17, 15) is 4.79 Å². The summed E-state index contributed by atoms with van der Waals surface area (Å²) in [4.78, 5) is 15.0. The van der Waals surface area contributed by atoms with Crippen LogP contribution < -0.4 is 5.73 Å². The number of aromatic nitrogens is 1. The van der Waals surface area contributed by atoms with Crippen LogP contribution in [0.5, 0.6) is 0 Å². The van der Waals surface area contributed by atoms with Crippen molar-refractivity contribution in [1.29, 1.82) is 0 Å². The number of rotatable bonds is 3. The Labute approximate surface area is 99.9 Å². The first-order valence-corrected chi connectivity index (χ1v) is 5.63. The molecule has 0 aliphatic carbocycles. The van der Waals surface area contributed by atoms with E-state index < -0.39 is 11.7 Å². The summed E-state index contributed by atoms with van der Waals surface area (Å²) < 4.78 is 10.9. The highest BCUT2D eigenvalue weighted by molar-refractivity contribution is 5.65. The molecule has 1 unspecified atom stereocenters. The molecule has 2 N–H and O–H groups in total. The fraction of sp³-hybridized carbons (Fsp3) is 0.500. The van der Waals surface area contributed by atoms with Crippen LogP contribution in [-0.4, -0.2) is 23.8 Å². The summed E-state index contributed by atoms with van der Waals surface area (Å²) in [6.07, 6.45) is 4.19. The lowest BCUT2D eigenvalue weighted by Crippen LogP contribution is -2.42. The zero-order valence-electron chi connectivity index (χ0n) is 9.76. The highest BCUT2D eigenvalue weighted by Crippen LogP contribution is 2.35. The third-order valence-electron chi connectivity index (χ3n) is 3.11. The molecule has 5 nitrogen and oxygen atoms in total. The first-order chi connectivity index (χ1) is 8.13. The highest BCUT2D eigenvalue weighted by Gasteiger charge is 2.42. The molecule has 0 aromatic carbocycles. The molecule has 1 amide bonds. The standard InChI is InChI=1S/C12H16N2O3/c1-12(17-11(13)15,10-3-2-8-16-10)9-4-6-14-7-5-9/h4-7,10H,2-3,8H2,1H3,(H2,13,15)/t10-,12?/m0/s1. The van der Waals surface area contributed by atoms with Gasteiger partial charge in [-0.1, -0.05) is 0 Å². The summed E-state index contributed by atoms with van der Waals surface area (Å²) >= 11 is 0. The quantitative estimate of drug-likeness (QED) is 0.864. The van der Waals surface area contributed by atoms with Gasteiger partial charge in [-0.2, -0.15) is 0 Å². The maximum Gasteiger partial charge on any atom is 0.405 e. The molecule has 17 heavy (non-hydrogen) atoms. The Morgan fingerprint density at radius 2 is 2.29 bits per heavy atom. The fourth-order valence-electron chi connectivity index (χ4n) is 2.21. The molecule has 0 bridgehead atoms. The van der Waals surface area contributed by atoms with Crippen molar-refractivity contribution in [3.63, 3.8) is 0 Å². The third kappa shape index (κ3) is 2.39. The van der Waals surface area contributed by atoms with Gasteiger partial charge in [0.05, 0.1) is 0 Å². The van der Waals surface area contributed by atoms with Gasteiger partial charge in [0.1, 0.15) is 6.10 Å². The molecule has 92 valence electrons. The number of hydrogen-bond acceptors (Lipinski definition) is 4. The molecule has 1 aromatic rings. The highest BCUT2D eigenvalue weighted by atomic mass is 16.6. The lowest BCUT2D eigenvalue weighted by molar-refractivity contribution is -0.0817. The molecule has 5 heteroatoms. The molecule has 1 aliphatic heterocycles. The topological polar surface area (TPSA) is 74.4 Å². The van der Waals surface area contributed by atoms with Crippen LogP contribution in [0.3, 0.4) is 0 Å². The number of nitrogens with two attached hydrogens (primary N) is 1. The van der Waals surface area contributed by atoms with Crippen LogP contribution in [-0.2, 0) is 15.1 Å². The molecular weight excluding hydrogens is 220 g/mol. The number of primary amides is 1. The van der Waals surface area contributed by atoms with Gasteiger partial charge in [0, 0.05) is 24.6 Å². The normalized spacial score (nSPS) is 23.0. The van der Waals surface area contributed by atoms with Crippen molar-refractivity contribution in [2.24, 2.45) is 5.73 Å². The average molecular weight is 236 g/mol. The van der Waals surface area contributed by atoms with Crippen molar-refractivity contribution in [3.8, 4) is 0 Å².